The first kappa shape index (κ1) is 18.8. The summed E-state index contributed by atoms with van der Waals surface area (Å²) in [5, 5.41) is 0. The van der Waals surface area contributed by atoms with Crippen molar-refractivity contribution in [2.45, 2.75) is 90.1 Å². The lowest BCUT2D eigenvalue weighted by Crippen LogP contribution is -2.28. The largest absolute Gasteiger partial charge is 0.378 e. The molecule has 0 heterocycles. The summed E-state index contributed by atoms with van der Waals surface area (Å²) in [6.45, 7) is 6.77. The first-order valence-electron chi connectivity index (χ1n) is 10.2. The summed E-state index contributed by atoms with van der Waals surface area (Å²) >= 11 is 0. The second-order valence-corrected chi connectivity index (χ2v) is 7.77. The van der Waals surface area contributed by atoms with E-state index in [1.165, 1.54) is 70.6 Å². The number of hydrogen-bond donors (Lipinski definition) is 0. The molecule has 1 heteroatoms. The van der Waals surface area contributed by atoms with Crippen LogP contribution >= 0.6 is 0 Å². The molecule has 0 aromatic heterocycles. The third-order valence-electron chi connectivity index (χ3n) is 6.17. The average Bonchev–Trinajstić information content (AvgIpc) is 2.60. The molecule has 0 spiro atoms. The van der Waals surface area contributed by atoms with Crippen LogP contribution in [0.25, 0.3) is 0 Å². The van der Waals surface area contributed by atoms with Crippen LogP contribution in [0.2, 0.25) is 0 Å². The Morgan fingerprint density at radius 3 is 2.17 bits per heavy atom. The summed E-state index contributed by atoms with van der Waals surface area (Å²) in [6.07, 6.45) is 23.6. The maximum absolute atomic E-state index is 5.96. The summed E-state index contributed by atoms with van der Waals surface area (Å²) in [5.41, 5.74) is 0. The smallest absolute Gasteiger partial charge is 0.0575 e. The van der Waals surface area contributed by atoms with Gasteiger partial charge in [0.15, 0.2) is 0 Å². The maximum atomic E-state index is 5.96. The van der Waals surface area contributed by atoms with Gasteiger partial charge in [-0.15, -0.1) is 6.58 Å². The Labute approximate surface area is 144 Å². The Kier molecular flexibility index (Phi) is 9.04. The predicted octanol–water partition coefficient (Wildman–Crippen LogP) is 6.69. The third-order valence-corrected chi connectivity index (χ3v) is 6.17. The standard InChI is InChI=1S/C22H38O/c1-3-5-7-8-9-19-10-12-20(13-11-19)21-14-16-22(17-15-21)23-18-6-4-2/h3-5,19-22H,2,6-18H2,1H3/b5-3-/t19-,20-,21-,22-. The van der Waals surface area contributed by atoms with Gasteiger partial charge in [-0.2, -0.15) is 0 Å². The van der Waals surface area contributed by atoms with Crippen LogP contribution in [0, 0.1) is 17.8 Å². The van der Waals surface area contributed by atoms with Crippen LogP contribution in [-0.4, -0.2) is 12.7 Å². The van der Waals surface area contributed by atoms with Crippen LogP contribution in [0.5, 0.6) is 0 Å². The van der Waals surface area contributed by atoms with E-state index >= 15 is 0 Å². The highest BCUT2D eigenvalue weighted by Gasteiger charge is 2.30. The van der Waals surface area contributed by atoms with E-state index in [4.69, 9.17) is 4.74 Å². The van der Waals surface area contributed by atoms with Crippen LogP contribution in [0.15, 0.2) is 24.8 Å². The zero-order chi connectivity index (χ0) is 16.3. The van der Waals surface area contributed by atoms with Gasteiger partial charge in [-0.05, 0) is 82.5 Å². The van der Waals surface area contributed by atoms with Gasteiger partial charge in [-0.1, -0.05) is 37.5 Å². The molecule has 0 aromatic rings. The molecule has 0 amide bonds. The SMILES string of the molecule is C=CCCO[C@H]1CC[C@H]([C@H]2CC[C@H](CCC/C=C\C)CC2)CC1. The van der Waals surface area contributed by atoms with Gasteiger partial charge in [0.05, 0.1) is 12.7 Å². The van der Waals surface area contributed by atoms with Gasteiger partial charge < -0.3 is 4.74 Å². The first-order chi connectivity index (χ1) is 11.3. The summed E-state index contributed by atoms with van der Waals surface area (Å²) in [7, 11) is 0. The van der Waals surface area contributed by atoms with E-state index in [9.17, 15) is 0 Å². The van der Waals surface area contributed by atoms with Gasteiger partial charge in [0.2, 0.25) is 0 Å². The van der Waals surface area contributed by atoms with Crippen molar-refractivity contribution in [3.63, 3.8) is 0 Å². The molecule has 132 valence electrons. The molecule has 0 aromatic carbocycles. The highest BCUT2D eigenvalue weighted by atomic mass is 16.5. The molecule has 2 aliphatic carbocycles. The van der Waals surface area contributed by atoms with Crippen LogP contribution < -0.4 is 0 Å². The second kappa shape index (κ2) is 11.1. The van der Waals surface area contributed by atoms with Gasteiger partial charge in [-0.3, -0.25) is 0 Å². The fraction of sp³-hybridized carbons (Fsp3) is 0.818. The average molecular weight is 319 g/mol. The molecular formula is C22H38O. The van der Waals surface area contributed by atoms with Crippen molar-refractivity contribution in [2.75, 3.05) is 6.61 Å². The van der Waals surface area contributed by atoms with E-state index in [0.29, 0.717) is 6.10 Å². The van der Waals surface area contributed by atoms with E-state index < -0.39 is 0 Å². The fourth-order valence-electron chi connectivity index (χ4n) is 4.68. The van der Waals surface area contributed by atoms with E-state index in [-0.39, 0.29) is 0 Å². The minimum Gasteiger partial charge on any atom is -0.378 e. The molecule has 1 nitrogen and oxygen atoms in total. The summed E-state index contributed by atoms with van der Waals surface area (Å²) in [6, 6.07) is 0. The fourth-order valence-corrected chi connectivity index (χ4v) is 4.68. The Balaban J connectivity index is 1.58. The first-order valence-corrected chi connectivity index (χ1v) is 10.2. The summed E-state index contributed by atoms with van der Waals surface area (Å²) in [5.74, 6) is 3.05. The number of unbranched alkanes of at least 4 members (excludes halogenated alkanes) is 1. The van der Waals surface area contributed by atoms with Gasteiger partial charge in [0.25, 0.3) is 0 Å². The molecule has 2 fully saturated rings. The molecule has 23 heavy (non-hydrogen) atoms. The van der Waals surface area contributed by atoms with Crippen LogP contribution in [0.1, 0.15) is 84.0 Å². The van der Waals surface area contributed by atoms with Crippen LogP contribution in [0.3, 0.4) is 0 Å². The van der Waals surface area contributed by atoms with Crippen molar-refractivity contribution in [1.29, 1.82) is 0 Å². The van der Waals surface area contributed by atoms with Crippen molar-refractivity contribution in [2.24, 2.45) is 17.8 Å². The second-order valence-electron chi connectivity index (χ2n) is 7.77. The van der Waals surface area contributed by atoms with Crippen molar-refractivity contribution >= 4 is 0 Å². The molecule has 0 unspecified atom stereocenters. The van der Waals surface area contributed by atoms with E-state index in [1.54, 1.807) is 0 Å². The Hall–Kier alpha value is -0.560. The Morgan fingerprint density at radius 2 is 1.57 bits per heavy atom. The molecule has 0 aliphatic heterocycles. The molecule has 2 rings (SSSR count). The highest BCUT2D eigenvalue weighted by molar-refractivity contribution is 4.83. The van der Waals surface area contributed by atoms with Gasteiger partial charge >= 0.3 is 0 Å². The normalized spacial score (nSPS) is 32.2. The summed E-state index contributed by atoms with van der Waals surface area (Å²) in [4.78, 5) is 0. The van der Waals surface area contributed by atoms with Gasteiger partial charge in [0.1, 0.15) is 0 Å². The Bertz CT molecular complexity index is 330. The van der Waals surface area contributed by atoms with Crippen molar-refractivity contribution in [1.82, 2.24) is 0 Å². The zero-order valence-corrected chi connectivity index (χ0v) is 15.3. The van der Waals surface area contributed by atoms with E-state index in [1.807, 2.05) is 6.08 Å². The lowest BCUT2D eigenvalue weighted by atomic mass is 9.70. The monoisotopic (exact) mass is 318 g/mol. The number of allylic oxidation sites excluding steroid dienone is 2. The lowest BCUT2D eigenvalue weighted by molar-refractivity contribution is 0.00912. The van der Waals surface area contributed by atoms with Crippen molar-refractivity contribution < 1.29 is 4.74 Å². The maximum Gasteiger partial charge on any atom is 0.0575 e. The van der Waals surface area contributed by atoms with E-state index in [2.05, 4.69) is 25.7 Å². The molecular weight excluding hydrogens is 280 g/mol. The molecule has 0 N–H and O–H groups in total. The quantitative estimate of drug-likeness (QED) is 0.340. The third kappa shape index (κ3) is 6.83. The summed E-state index contributed by atoms with van der Waals surface area (Å²) < 4.78 is 5.96. The molecule has 2 aliphatic rings. The van der Waals surface area contributed by atoms with Crippen molar-refractivity contribution in [3.05, 3.63) is 24.8 Å². The lowest BCUT2D eigenvalue weighted by Gasteiger charge is -2.37. The van der Waals surface area contributed by atoms with Crippen molar-refractivity contribution in [3.8, 4) is 0 Å². The molecule has 0 radical (unpaired) electrons. The molecule has 0 atom stereocenters. The molecule has 0 bridgehead atoms. The minimum atomic E-state index is 0.536. The van der Waals surface area contributed by atoms with Crippen LogP contribution in [-0.2, 0) is 4.74 Å². The van der Waals surface area contributed by atoms with Gasteiger partial charge in [-0.25, -0.2) is 0 Å². The topological polar surface area (TPSA) is 9.23 Å². The predicted molar refractivity (Wildman–Crippen MR) is 101 cm³/mol. The zero-order valence-electron chi connectivity index (χ0n) is 15.3. The number of ether oxygens (including phenoxy) is 1. The number of rotatable bonds is 9. The number of hydrogen-bond acceptors (Lipinski definition) is 1. The highest BCUT2D eigenvalue weighted by Crippen LogP contribution is 2.41. The Morgan fingerprint density at radius 1 is 0.913 bits per heavy atom. The molecule has 2 saturated carbocycles. The van der Waals surface area contributed by atoms with Gasteiger partial charge in [0, 0.05) is 0 Å². The molecule has 0 saturated heterocycles. The minimum absolute atomic E-state index is 0.536. The van der Waals surface area contributed by atoms with Crippen LogP contribution in [0.4, 0.5) is 0 Å². The van der Waals surface area contributed by atoms with E-state index in [0.717, 1.165) is 30.8 Å².